The number of hydrogen-bond donors (Lipinski definition) is 1. The molecule has 2 nitrogen and oxygen atoms in total. The van der Waals surface area contributed by atoms with E-state index >= 15 is 0 Å². The molecule has 0 amide bonds. The van der Waals surface area contributed by atoms with Crippen molar-refractivity contribution in [3.05, 3.63) is 51.5 Å². The maximum Gasteiger partial charge on any atom is 0.0947 e. The highest BCUT2D eigenvalue weighted by Gasteiger charge is 2.22. The number of aliphatic hydroxyl groups excluding tert-OH is 1. The van der Waals surface area contributed by atoms with Crippen LogP contribution in [-0.4, -0.2) is 10.1 Å². The smallest absolute Gasteiger partial charge is 0.0947 e. The lowest BCUT2D eigenvalue weighted by Crippen LogP contribution is -2.06. The van der Waals surface area contributed by atoms with Crippen molar-refractivity contribution < 1.29 is 5.11 Å². The highest BCUT2D eigenvalue weighted by atomic mass is 32.1. The van der Waals surface area contributed by atoms with Crippen LogP contribution in [0.4, 0.5) is 0 Å². The number of hydrogen-bond acceptors (Lipinski definition) is 3. The molecule has 2 aromatic rings. The first-order valence-corrected chi connectivity index (χ1v) is 8.27. The Hall–Kier alpha value is -1.19. The van der Waals surface area contributed by atoms with Crippen LogP contribution in [-0.2, 0) is 12.8 Å². The molecule has 106 valence electrons. The number of nitrogens with zero attached hydrogens (tertiary/aromatic N) is 1. The summed E-state index contributed by atoms with van der Waals surface area (Å²) in [5.41, 5.74) is 2.62. The van der Waals surface area contributed by atoms with E-state index in [0.29, 0.717) is 0 Å². The summed E-state index contributed by atoms with van der Waals surface area (Å²) in [6.07, 6.45) is 9.48. The first-order chi connectivity index (χ1) is 9.75. The average Bonchev–Trinajstić information content (AvgIpc) is 2.77. The van der Waals surface area contributed by atoms with Crippen molar-refractivity contribution >= 4 is 11.3 Å². The van der Waals surface area contributed by atoms with Gasteiger partial charge in [0.1, 0.15) is 0 Å². The van der Waals surface area contributed by atoms with Gasteiger partial charge in [0, 0.05) is 28.1 Å². The Bertz CT molecular complexity index is 540. The van der Waals surface area contributed by atoms with Gasteiger partial charge in [-0.1, -0.05) is 13.3 Å². The first-order valence-electron chi connectivity index (χ1n) is 7.45. The van der Waals surface area contributed by atoms with Crippen LogP contribution in [0.3, 0.4) is 0 Å². The van der Waals surface area contributed by atoms with Crippen molar-refractivity contribution in [3.63, 3.8) is 0 Å². The standard InChI is InChI=1S/C17H21NOS/c1-12(13-7-9-18-10-8-13)17(19)16-11-14-5-3-2-4-6-15(14)20-16/h7-12,17,19H,2-6H2,1H3. The van der Waals surface area contributed by atoms with Crippen molar-refractivity contribution in [2.75, 3.05) is 0 Å². The molecule has 3 rings (SSSR count). The van der Waals surface area contributed by atoms with Gasteiger partial charge in [0.15, 0.2) is 0 Å². The number of thiophene rings is 1. The molecule has 0 radical (unpaired) electrons. The topological polar surface area (TPSA) is 33.1 Å². The third-order valence-electron chi connectivity index (χ3n) is 4.26. The second-order valence-electron chi connectivity index (χ2n) is 5.67. The zero-order valence-electron chi connectivity index (χ0n) is 11.9. The van der Waals surface area contributed by atoms with Crippen LogP contribution in [0.1, 0.15) is 59.1 Å². The highest BCUT2D eigenvalue weighted by Crippen LogP contribution is 2.37. The molecular weight excluding hydrogens is 266 g/mol. The van der Waals surface area contributed by atoms with Crippen LogP contribution in [0.15, 0.2) is 30.6 Å². The van der Waals surface area contributed by atoms with Crippen LogP contribution >= 0.6 is 11.3 Å². The van der Waals surface area contributed by atoms with Gasteiger partial charge in [-0.15, -0.1) is 11.3 Å². The van der Waals surface area contributed by atoms with Crippen molar-refractivity contribution in [2.45, 2.75) is 51.0 Å². The van der Waals surface area contributed by atoms with Crippen LogP contribution in [0, 0.1) is 0 Å². The predicted molar refractivity (Wildman–Crippen MR) is 83.2 cm³/mol. The molecule has 0 saturated heterocycles. The summed E-state index contributed by atoms with van der Waals surface area (Å²) < 4.78 is 0. The lowest BCUT2D eigenvalue weighted by molar-refractivity contribution is 0.155. The van der Waals surface area contributed by atoms with Gasteiger partial charge in [-0.05, 0) is 55.0 Å². The molecule has 2 unspecified atom stereocenters. The Kier molecular flexibility index (Phi) is 4.18. The van der Waals surface area contributed by atoms with Gasteiger partial charge in [-0.25, -0.2) is 0 Å². The quantitative estimate of drug-likeness (QED) is 0.856. The van der Waals surface area contributed by atoms with Crippen molar-refractivity contribution in [1.82, 2.24) is 4.98 Å². The number of rotatable bonds is 3. The molecular formula is C17H21NOS. The maximum atomic E-state index is 10.7. The molecule has 0 aromatic carbocycles. The maximum absolute atomic E-state index is 10.7. The molecule has 3 heteroatoms. The SMILES string of the molecule is CC(c1ccncc1)C(O)c1cc2c(s1)CCCCC2. The number of pyridine rings is 1. The second-order valence-corrected chi connectivity index (χ2v) is 6.84. The van der Waals surface area contributed by atoms with Gasteiger partial charge in [0.05, 0.1) is 6.10 Å². The minimum atomic E-state index is -0.408. The fourth-order valence-corrected chi connectivity index (χ4v) is 4.28. The fourth-order valence-electron chi connectivity index (χ4n) is 2.93. The molecule has 1 aliphatic rings. The molecule has 20 heavy (non-hydrogen) atoms. The van der Waals surface area contributed by atoms with E-state index < -0.39 is 6.10 Å². The Morgan fingerprint density at radius 3 is 2.70 bits per heavy atom. The lowest BCUT2D eigenvalue weighted by atomic mass is 9.95. The Morgan fingerprint density at radius 2 is 1.90 bits per heavy atom. The van der Waals surface area contributed by atoms with Gasteiger partial charge in [-0.3, -0.25) is 4.98 Å². The number of fused-ring (bicyclic) bond motifs is 1. The predicted octanol–water partition coefficient (Wildman–Crippen LogP) is 4.25. The van der Waals surface area contributed by atoms with E-state index in [4.69, 9.17) is 0 Å². The summed E-state index contributed by atoms with van der Waals surface area (Å²) in [6, 6.07) is 6.23. The largest absolute Gasteiger partial charge is 0.387 e. The molecule has 0 saturated carbocycles. The van der Waals surface area contributed by atoms with Gasteiger partial charge >= 0.3 is 0 Å². The Balaban J connectivity index is 1.82. The Labute approximate surface area is 124 Å². The molecule has 1 N–H and O–H groups in total. The monoisotopic (exact) mass is 287 g/mol. The van der Waals surface area contributed by atoms with Crippen molar-refractivity contribution in [3.8, 4) is 0 Å². The van der Waals surface area contributed by atoms with E-state index in [-0.39, 0.29) is 5.92 Å². The van der Waals surface area contributed by atoms with Gasteiger partial charge in [0.2, 0.25) is 0 Å². The number of aliphatic hydroxyl groups is 1. The van der Waals surface area contributed by atoms with Crippen LogP contribution < -0.4 is 0 Å². The lowest BCUT2D eigenvalue weighted by Gasteiger charge is -2.17. The summed E-state index contributed by atoms with van der Waals surface area (Å²) in [5.74, 6) is 0.111. The molecule has 0 fully saturated rings. The van der Waals surface area contributed by atoms with E-state index in [1.54, 1.807) is 12.4 Å². The van der Waals surface area contributed by atoms with Gasteiger partial charge < -0.3 is 5.11 Å². The van der Waals surface area contributed by atoms with E-state index in [2.05, 4.69) is 18.0 Å². The third-order valence-corrected chi connectivity index (χ3v) is 5.57. The minimum Gasteiger partial charge on any atom is -0.387 e. The summed E-state index contributed by atoms with van der Waals surface area (Å²) >= 11 is 1.81. The third kappa shape index (κ3) is 2.79. The average molecular weight is 287 g/mol. The van der Waals surface area contributed by atoms with Crippen molar-refractivity contribution in [2.24, 2.45) is 0 Å². The van der Waals surface area contributed by atoms with Crippen LogP contribution in [0.25, 0.3) is 0 Å². The molecule has 2 heterocycles. The molecule has 2 aromatic heterocycles. The zero-order valence-corrected chi connectivity index (χ0v) is 12.7. The van der Waals surface area contributed by atoms with Gasteiger partial charge in [0.25, 0.3) is 0 Å². The minimum absolute atomic E-state index is 0.111. The number of aryl methyl sites for hydroxylation is 2. The first kappa shape index (κ1) is 13.8. The van der Waals surface area contributed by atoms with E-state index in [1.165, 1.54) is 42.5 Å². The van der Waals surface area contributed by atoms with Gasteiger partial charge in [-0.2, -0.15) is 0 Å². The second kappa shape index (κ2) is 6.06. The molecule has 2 atom stereocenters. The molecule has 0 bridgehead atoms. The van der Waals surface area contributed by atoms with Crippen LogP contribution in [0.5, 0.6) is 0 Å². The fraction of sp³-hybridized carbons (Fsp3) is 0.471. The highest BCUT2D eigenvalue weighted by molar-refractivity contribution is 7.12. The van der Waals surface area contributed by atoms with Crippen molar-refractivity contribution in [1.29, 1.82) is 0 Å². The van der Waals surface area contributed by atoms with Crippen LogP contribution in [0.2, 0.25) is 0 Å². The summed E-state index contributed by atoms with van der Waals surface area (Å²) in [4.78, 5) is 6.67. The molecule has 0 aliphatic heterocycles. The summed E-state index contributed by atoms with van der Waals surface area (Å²) in [5, 5.41) is 10.7. The normalized spacial score (nSPS) is 18.1. The number of aromatic nitrogens is 1. The molecule has 0 spiro atoms. The van der Waals surface area contributed by atoms with E-state index in [0.717, 1.165) is 10.4 Å². The zero-order chi connectivity index (χ0) is 13.9. The Morgan fingerprint density at radius 1 is 1.15 bits per heavy atom. The van der Waals surface area contributed by atoms with E-state index in [1.807, 2.05) is 23.5 Å². The summed E-state index contributed by atoms with van der Waals surface area (Å²) in [7, 11) is 0. The summed E-state index contributed by atoms with van der Waals surface area (Å²) in [6.45, 7) is 2.09. The molecule has 1 aliphatic carbocycles. The van der Waals surface area contributed by atoms with E-state index in [9.17, 15) is 5.11 Å².